The number of anilines is 1. The van der Waals surface area contributed by atoms with Gasteiger partial charge in [-0.25, -0.2) is 4.79 Å². The van der Waals surface area contributed by atoms with Gasteiger partial charge in [0.05, 0.1) is 6.54 Å². The van der Waals surface area contributed by atoms with Crippen molar-refractivity contribution in [2.45, 2.75) is 13.8 Å². The predicted octanol–water partition coefficient (Wildman–Crippen LogP) is 2.35. The number of carbonyl (C=O) groups is 1. The van der Waals surface area contributed by atoms with Crippen LogP contribution in [0.5, 0.6) is 0 Å². The lowest BCUT2D eigenvalue weighted by Crippen LogP contribution is -2.43. The van der Waals surface area contributed by atoms with Crippen LogP contribution < -0.4 is 10.6 Å². The minimum atomic E-state index is -0.453. The Balaban J connectivity index is 0.00000361. The first-order valence-electron chi connectivity index (χ1n) is 5.83. The van der Waals surface area contributed by atoms with Gasteiger partial charge in [-0.3, -0.25) is 10.7 Å². The molecule has 0 heterocycles. The molecule has 0 saturated heterocycles. The Kier molecular flexibility index (Phi) is 7.19. The molecule has 108 valence electrons. The Labute approximate surface area is 125 Å². The maximum absolute atomic E-state index is 11.8. The van der Waals surface area contributed by atoms with Crippen LogP contribution in [0.15, 0.2) is 18.2 Å². The molecule has 0 aliphatic heterocycles. The van der Waals surface area contributed by atoms with Crippen LogP contribution in [0.25, 0.3) is 0 Å². The fourth-order valence-corrected chi connectivity index (χ4v) is 1.58. The highest BCUT2D eigenvalue weighted by Crippen LogP contribution is 2.18. The third-order valence-electron chi connectivity index (χ3n) is 2.66. The van der Waals surface area contributed by atoms with Crippen molar-refractivity contribution < 1.29 is 4.79 Å². The van der Waals surface area contributed by atoms with Gasteiger partial charge in [-0.05, 0) is 25.0 Å². The van der Waals surface area contributed by atoms with Gasteiger partial charge in [0.2, 0.25) is 0 Å². The number of urea groups is 1. The van der Waals surface area contributed by atoms with Crippen LogP contribution in [-0.2, 0) is 0 Å². The SMILES string of the molecule is C#CCN(C)C(=N)NC(=O)Nc1c(C)cccc1C.Cl. The molecule has 0 aliphatic carbocycles. The zero-order valence-corrected chi connectivity index (χ0v) is 12.6. The number of para-hydroxylation sites is 1. The fraction of sp³-hybridized carbons (Fsp3) is 0.286. The van der Waals surface area contributed by atoms with Crippen molar-refractivity contribution in [3.8, 4) is 12.3 Å². The molecule has 1 rings (SSSR count). The van der Waals surface area contributed by atoms with Crippen molar-refractivity contribution in [2.75, 3.05) is 18.9 Å². The molecule has 3 N–H and O–H groups in total. The summed E-state index contributed by atoms with van der Waals surface area (Å²) in [5, 5.41) is 12.8. The predicted molar refractivity (Wildman–Crippen MR) is 84.5 cm³/mol. The average Bonchev–Trinajstić information content (AvgIpc) is 2.34. The Bertz CT molecular complexity index is 516. The number of nitrogens with zero attached hydrogens (tertiary/aromatic N) is 1. The molecule has 0 radical (unpaired) electrons. The number of terminal acetylenes is 1. The van der Waals surface area contributed by atoms with Gasteiger partial charge in [0.25, 0.3) is 0 Å². The van der Waals surface area contributed by atoms with E-state index in [9.17, 15) is 4.79 Å². The van der Waals surface area contributed by atoms with Crippen LogP contribution in [0.2, 0.25) is 0 Å². The number of nitrogens with one attached hydrogen (secondary N) is 3. The highest BCUT2D eigenvalue weighted by atomic mass is 35.5. The summed E-state index contributed by atoms with van der Waals surface area (Å²) in [7, 11) is 1.64. The molecule has 2 amide bonds. The standard InChI is InChI=1S/C14H18N4O.ClH/c1-5-9-18(4)13(15)17-14(19)16-12-10(2)7-6-8-11(12)3;/h1,6-8H,9H2,2-4H3,(H3,15,16,17,19);1H. The van der Waals surface area contributed by atoms with Crippen LogP contribution in [0, 0.1) is 31.6 Å². The van der Waals surface area contributed by atoms with Crippen LogP contribution >= 0.6 is 12.4 Å². The summed E-state index contributed by atoms with van der Waals surface area (Å²) in [6, 6.07) is 5.30. The summed E-state index contributed by atoms with van der Waals surface area (Å²) < 4.78 is 0. The zero-order valence-electron chi connectivity index (χ0n) is 11.8. The molecule has 1 aromatic rings. The summed E-state index contributed by atoms with van der Waals surface area (Å²) in [6.07, 6.45) is 5.14. The maximum atomic E-state index is 11.8. The highest BCUT2D eigenvalue weighted by Gasteiger charge is 2.10. The first-order valence-corrected chi connectivity index (χ1v) is 5.83. The van der Waals surface area contributed by atoms with E-state index in [1.807, 2.05) is 32.0 Å². The van der Waals surface area contributed by atoms with E-state index in [0.717, 1.165) is 16.8 Å². The Morgan fingerprint density at radius 1 is 1.40 bits per heavy atom. The summed E-state index contributed by atoms with van der Waals surface area (Å²) in [6.45, 7) is 4.10. The third kappa shape index (κ3) is 4.82. The van der Waals surface area contributed by atoms with E-state index in [2.05, 4.69) is 16.6 Å². The van der Waals surface area contributed by atoms with Crippen LogP contribution in [0.1, 0.15) is 11.1 Å². The second kappa shape index (κ2) is 8.08. The van der Waals surface area contributed by atoms with Crippen molar-refractivity contribution in [1.29, 1.82) is 5.41 Å². The molecular formula is C14H19ClN4O. The first kappa shape index (κ1) is 17.8. The van der Waals surface area contributed by atoms with Crippen LogP contribution in [0.3, 0.4) is 0 Å². The van der Waals surface area contributed by atoms with E-state index in [-0.39, 0.29) is 24.9 Å². The number of guanidine groups is 1. The van der Waals surface area contributed by atoms with Crippen molar-refractivity contribution in [1.82, 2.24) is 10.2 Å². The third-order valence-corrected chi connectivity index (χ3v) is 2.66. The molecule has 0 aromatic heterocycles. The quantitative estimate of drug-likeness (QED) is 0.445. The zero-order chi connectivity index (χ0) is 14.4. The molecule has 0 spiro atoms. The monoisotopic (exact) mass is 294 g/mol. The number of rotatable bonds is 2. The van der Waals surface area contributed by atoms with E-state index in [1.165, 1.54) is 4.90 Å². The lowest BCUT2D eigenvalue weighted by Gasteiger charge is -2.18. The van der Waals surface area contributed by atoms with Gasteiger partial charge < -0.3 is 10.2 Å². The summed E-state index contributed by atoms with van der Waals surface area (Å²) in [4.78, 5) is 13.3. The number of aryl methyl sites for hydroxylation is 2. The Morgan fingerprint density at radius 2 is 1.95 bits per heavy atom. The van der Waals surface area contributed by atoms with Crippen LogP contribution in [-0.4, -0.2) is 30.5 Å². The van der Waals surface area contributed by atoms with Gasteiger partial charge in [-0.1, -0.05) is 24.1 Å². The minimum absolute atomic E-state index is 0. The molecular weight excluding hydrogens is 276 g/mol. The molecule has 0 atom stereocenters. The Hall–Kier alpha value is -2.19. The van der Waals surface area contributed by atoms with E-state index >= 15 is 0 Å². The van der Waals surface area contributed by atoms with Crippen molar-refractivity contribution in [3.63, 3.8) is 0 Å². The second-order valence-corrected chi connectivity index (χ2v) is 4.25. The lowest BCUT2D eigenvalue weighted by molar-refractivity contribution is 0.255. The fourth-order valence-electron chi connectivity index (χ4n) is 1.58. The van der Waals surface area contributed by atoms with E-state index in [1.54, 1.807) is 7.05 Å². The van der Waals surface area contributed by atoms with Gasteiger partial charge in [0.1, 0.15) is 0 Å². The molecule has 0 unspecified atom stereocenters. The average molecular weight is 295 g/mol. The largest absolute Gasteiger partial charge is 0.335 e. The highest BCUT2D eigenvalue weighted by molar-refractivity contribution is 6.02. The number of halogens is 1. The number of hydrogen-bond acceptors (Lipinski definition) is 2. The smallest absolute Gasteiger partial charge is 0.326 e. The van der Waals surface area contributed by atoms with E-state index in [0.29, 0.717) is 0 Å². The number of amides is 2. The second-order valence-electron chi connectivity index (χ2n) is 4.25. The number of carbonyl (C=O) groups excluding carboxylic acids is 1. The van der Waals surface area contributed by atoms with Crippen molar-refractivity contribution in [3.05, 3.63) is 29.3 Å². The summed E-state index contributed by atoms with van der Waals surface area (Å²) >= 11 is 0. The first-order chi connectivity index (χ1) is 8.95. The van der Waals surface area contributed by atoms with E-state index in [4.69, 9.17) is 11.8 Å². The molecule has 20 heavy (non-hydrogen) atoms. The normalized spacial score (nSPS) is 8.90. The van der Waals surface area contributed by atoms with Crippen molar-refractivity contribution >= 4 is 30.1 Å². The van der Waals surface area contributed by atoms with Gasteiger partial charge in [-0.2, -0.15) is 0 Å². The van der Waals surface area contributed by atoms with Gasteiger partial charge in [0, 0.05) is 12.7 Å². The molecule has 0 aliphatic rings. The molecule has 0 fully saturated rings. The maximum Gasteiger partial charge on any atom is 0.326 e. The topological polar surface area (TPSA) is 68.2 Å². The van der Waals surface area contributed by atoms with Crippen molar-refractivity contribution in [2.24, 2.45) is 0 Å². The molecule has 6 heteroatoms. The summed E-state index contributed by atoms with van der Waals surface area (Å²) in [5.41, 5.74) is 2.70. The van der Waals surface area contributed by atoms with E-state index < -0.39 is 6.03 Å². The minimum Gasteiger partial charge on any atom is -0.335 e. The lowest BCUT2D eigenvalue weighted by atomic mass is 10.1. The molecule has 0 bridgehead atoms. The molecule has 1 aromatic carbocycles. The molecule has 5 nitrogen and oxygen atoms in total. The number of hydrogen-bond donors (Lipinski definition) is 3. The van der Waals surface area contributed by atoms with Gasteiger partial charge in [0.15, 0.2) is 5.96 Å². The molecule has 0 saturated carbocycles. The Morgan fingerprint density at radius 3 is 2.45 bits per heavy atom. The number of benzene rings is 1. The van der Waals surface area contributed by atoms with Gasteiger partial charge >= 0.3 is 6.03 Å². The summed E-state index contributed by atoms with van der Waals surface area (Å²) in [5.74, 6) is 2.36. The van der Waals surface area contributed by atoms with Gasteiger partial charge in [-0.15, -0.1) is 18.8 Å². The van der Waals surface area contributed by atoms with Crippen LogP contribution in [0.4, 0.5) is 10.5 Å².